The van der Waals surface area contributed by atoms with Crippen molar-refractivity contribution in [2.75, 3.05) is 11.1 Å². The number of aryl methyl sites for hydroxylation is 1. The molecule has 2 aromatic rings. The fraction of sp³-hybridized carbons (Fsp3) is 0.143. The van der Waals surface area contributed by atoms with E-state index in [4.69, 9.17) is 5.73 Å². The molecular formula is C14H14FN3O. The highest BCUT2D eigenvalue weighted by Gasteiger charge is 2.08. The van der Waals surface area contributed by atoms with Crippen molar-refractivity contribution in [1.29, 1.82) is 0 Å². The Morgan fingerprint density at radius 3 is 2.79 bits per heavy atom. The van der Waals surface area contributed by atoms with Gasteiger partial charge in [-0.05, 0) is 30.2 Å². The summed E-state index contributed by atoms with van der Waals surface area (Å²) in [7, 11) is 0. The Bertz CT molecular complexity index is 613. The van der Waals surface area contributed by atoms with Crippen LogP contribution in [0.1, 0.15) is 22.8 Å². The topological polar surface area (TPSA) is 68.0 Å². The van der Waals surface area contributed by atoms with Gasteiger partial charge in [-0.25, -0.2) is 4.39 Å². The van der Waals surface area contributed by atoms with Crippen LogP contribution in [0.4, 0.5) is 15.8 Å². The Labute approximate surface area is 110 Å². The Kier molecular flexibility index (Phi) is 3.75. The number of carbonyl (C=O) groups excluding carboxylic acids is 1. The molecule has 2 rings (SSSR count). The van der Waals surface area contributed by atoms with Crippen molar-refractivity contribution in [1.82, 2.24) is 4.98 Å². The van der Waals surface area contributed by atoms with Crippen LogP contribution in [0.3, 0.4) is 0 Å². The number of nitrogens with one attached hydrogen (secondary N) is 1. The summed E-state index contributed by atoms with van der Waals surface area (Å²) >= 11 is 0. The molecule has 0 fully saturated rings. The molecule has 0 atom stereocenters. The molecule has 1 heterocycles. The van der Waals surface area contributed by atoms with Crippen molar-refractivity contribution < 1.29 is 9.18 Å². The van der Waals surface area contributed by atoms with Gasteiger partial charge in [0.05, 0.1) is 11.8 Å². The van der Waals surface area contributed by atoms with Crippen molar-refractivity contribution in [2.45, 2.75) is 13.3 Å². The van der Waals surface area contributed by atoms with E-state index in [9.17, 15) is 9.18 Å². The average Bonchev–Trinajstić information content (AvgIpc) is 2.39. The first kappa shape index (κ1) is 13.0. The van der Waals surface area contributed by atoms with Crippen molar-refractivity contribution in [3.63, 3.8) is 0 Å². The maximum Gasteiger partial charge on any atom is 0.257 e. The van der Waals surface area contributed by atoms with Gasteiger partial charge in [-0.2, -0.15) is 0 Å². The van der Waals surface area contributed by atoms with E-state index in [-0.39, 0.29) is 5.56 Å². The quantitative estimate of drug-likeness (QED) is 0.832. The summed E-state index contributed by atoms with van der Waals surface area (Å²) in [5.41, 5.74) is 8.23. The Hall–Kier alpha value is -2.43. The molecule has 0 saturated carbocycles. The molecule has 0 spiro atoms. The number of halogens is 1. The number of nitrogen functional groups attached to an aromatic ring is 1. The second kappa shape index (κ2) is 5.48. The number of rotatable bonds is 3. The van der Waals surface area contributed by atoms with E-state index in [1.807, 2.05) is 13.0 Å². The number of nitrogens with zero attached hydrogens (tertiary/aromatic N) is 1. The normalized spacial score (nSPS) is 10.2. The summed E-state index contributed by atoms with van der Waals surface area (Å²) in [6.45, 7) is 2.00. The van der Waals surface area contributed by atoms with Gasteiger partial charge in [0.25, 0.3) is 5.91 Å². The lowest BCUT2D eigenvalue weighted by Crippen LogP contribution is -2.12. The average molecular weight is 259 g/mol. The van der Waals surface area contributed by atoms with Gasteiger partial charge in [-0.1, -0.05) is 13.0 Å². The molecule has 98 valence electrons. The first-order valence-electron chi connectivity index (χ1n) is 5.90. The Balaban J connectivity index is 2.17. The van der Waals surface area contributed by atoms with Crippen LogP contribution >= 0.6 is 0 Å². The maximum absolute atomic E-state index is 13.0. The summed E-state index contributed by atoms with van der Waals surface area (Å²) < 4.78 is 13.0. The molecule has 19 heavy (non-hydrogen) atoms. The van der Waals surface area contributed by atoms with Crippen LogP contribution in [0.2, 0.25) is 0 Å². The number of hydrogen-bond donors (Lipinski definition) is 2. The third-order valence-electron chi connectivity index (χ3n) is 2.75. The highest BCUT2D eigenvalue weighted by Crippen LogP contribution is 2.19. The van der Waals surface area contributed by atoms with Gasteiger partial charge >= 0.3 is 0 Å². The number of benzene rings is 1. The molecule has 0 unspecified atom stereocenters. The summed E-state index contributed by atoms with van der Waals surface area (Å²) in [5.74, 6) is -0.968. The zero-order valence-electron chi connectivity index (χ0n) is 10.5. The van der Waals surface area contributed by atoms with Gasteiger partial charge in [0.2, 0.25) is 0 Å². The predicted molar refractivity (Wildman–Crippen MR) is 72.4 cm³/mol. The molecule has 1 amide bonds. The van der Waals surface area contributed by atoms with Crippen LogP contribution in [0.25, 0.3) is 0 Å². The minimum atomic E-state index is -0.548. The number of carbonyl (C=O) groups is 1. The van der Waals surface area contributed by atoms with E-state index in [1.165, 1.54) is 6.20 Å². The Morgan fingerprint density at radius 2 is 2.16 bits per heavy atom. The van der Waals surface area contributed by atoms with E-state index < -0.39 is 11.7 Å². The number of amides is 1. The summed E-state index contributed by atoms with van der Waals surface area (Å²) in [6.07, 6.45) is 3.18. The van der Waals surface area contributed by atoms with E-state index in [0.29, 0.717) is 11.4 Å². The molecule has 0 aliphatic rings. The van der Waals surface area contributed by atoms with Crippen molar-refractivity contribution >= 4 is 17.3 Å². The number of hydrogen-bond acceptors (Lipinski definition) is 3. The molecule has 5 heteroatoms. The lowest BCUT2D eigenvalue weighted by atomic mass is 10.1. The molecule has 1 aromatic carbocycles. The summed E-state index contributed by atoms with van der Waals surface area (Å²) in [5, 5.41) is 2.65. The standard InChI is InChI=1S/C14H14FN3O/c1-2-9-3-4-12(6-13(9)16)18-14(19)10-5-11(15)8-17-7-10/h3-8H,2,16H2,1H3,(H,18,19). The van der Waals surface area contributed by atoms with E-state index in [2.05, 4.69) is 10.3 Å². The van der Waals surface area contributed by atoms with Crippen LogP contribution < -0.4 is 11.1 Å². The first-order valence-corrected chi connectivity index (χ1v) is 5.90. The van der Waals surface area contributed by atoms with Crippen molar-refractivity contribution in [3.8, 4) is 0 Å². The number of aromatic nitrogens is 1. The van der Waals surface area contributed by atoms with Gasteiger partial charge in [0.1, 0.15) is 5.82 Å². The number of nitrogens with two attached hydrogens (primary N) is 1. The zero-order valence-corrected chi connectivity index (χ0v) is 10.5. The molecular weight excluding hydrogens is 245 g/mol. The molecule has 0 radical (unpaired) electrons. The smallest absolute Gasteiger partial charge is 0.257 e. The molecule has 0 aliphatic heterocycles. The van der Waals surface area contributed by atoms with Crippen molar-refractivity contribution in [2.24, 2.45) is 0 Å². The largest absolute Gasteiger partial charge is 0.398 e. The lowest BCUT2D eigenvalue weighted by Gasteiger charge is -2.08. The van der Waals surface area contributed by atoms with E-state index >= 15 is 0 Å². The highest BCUT2D eigenvalue weighted by atomic mass is 19.1. The summed E-state index contributed by atoms with van der Waals surface area (Å²) in [4.78, 5) is 15.5. The van der Waals surface area contributed by atoms with Crippen LogP contribution in [-0.2, 0) is 6.42 Å². The van der Waals surface area contributed by atoms with Gasteiger partial charge in [0, 0.05) is 17.6 Å². The van der Waals surface area contributed by atoms with Crippen LogP contribution in [0.15, 0.2) is 36.7 Å². The van der Waals surface area contributed by atoms with Crippen LogP contribution in [0, 0.1) is 5.82 Å². The van der Waals surface area contributed by atoms with Gasteiger partial charge in [0.15, 0.2) is 0 Å². The minimum absolute atomic E-state index is 0.165. The zero-order chi connectivity index (χ0) is 13.8. The van der Waals surface area contributed by atoms with E-state index in [0.717, 1.165) is 24.2 Å². The third-order valence-corrected chi connectivity index (χ3v) is 2.75. The molecule has 1 aromatic heterocycles. The number of pyridine rings is 1. The van der Waals surface area contributed by atoms with Gasteiger partial charge in [-0.15, -0.1) is 0 Å². The molecule has 4 nitrogen and oxygen atoms in total. The monoisotopic (exact) mass is 259 g/mol. The van der Waals surface area contributed by atoms with Crippen LogP contribution in [0.5, 0.6) is 0 Å². The fourth-order valence-corrected chi connectivity index (χ4v) is 1.73. The third kappa shape index (κ3) is 3.07. The van der Waals surface area contributed by atoms with Gasteiger partial charge < -0.3 is 11.1 Å². The maximum atomic E-state index is 13.0. The summed E-state index contributed by atoms with van der Waals surface area (Å²) in [6, 6.07) is 6.43. The predicted octanol–water partition coefficient (Wildman–Crippen LogP) is 2.62. The second-order valence-corrected chi connectivity index (χ2v) is 4.11. The minimum Gasteiger partial charge on any atom is -0.398 e. The first-order chi connectivity index (χ1) is 9.10. The second-order valence-electron chi connectivity index (χ2n) is 4.11. The van der Waals surface area contributed by atoms with Crippen molar-refractivity contribution in [3.05, 3.63) is 53.6 Å². The van der Waals surface area contributed by atoms with E-state index in [1.54, 1.807) is 12.1 Å². The Morgan fingerprint density at radius 1 is 1.37 bits per heavy atom. The molecule has 3 N–H and O–H groups in total. The van der Waals surface area contributed by atoms with Crippen LogP contribution in [-0.4, -0.2) is 10.9 Å². The SMILES string of the molecule is CCc1ccc(NC(=O)c2cncc(F)c2)cc1N. The lowest BCUT2D eigenvalue weighted by molar-refractivity contribution is 0.102. The molecule has 0 aliphatic carbocycles. The number of anilines is 2. The highest BCUT2D eigenvalue weighted by molar-refractivity contribution is 6.04. The van der Waals surface area contributed by atoms with Gasteiger partial charge in [-0.3, -0.25) is 9.78 Å². The molecule has 0 saturated heterocycles. The molecule has 0 bridgehead atoms. The fourth-order valence-electron chi connectivity index (χ4n) is 1.73.